The predicted molar refractivity (Wildman–Crippen MR) is 126 cm³/mol. The molecule has 0 aliphatic carbocycles. The first-order valence-electron chi connectivity index (χ1n) is 11.7. The third kappa shape index (κ3) is 8.68. The van der Waals surface area contributed by atoms with Crippen LogP contribution >= 0.6 is 0 Å². The van der Waals surface area contributed by atoms with Gasteiger partial charge in [-0.1, -0.05) is 44.2 Å². The standard InChI is InChI=1S/C25H39N3O5/c1-18(2)15-21(26)22(29)28(23(30)32-17-19-11-7-6-8-12-19)16-20-13-9-10-14-27(20)24(31)33-25(3,4)5/h6-8,11-12,18,20-21H,9-10,13-17,26H2,1-5H3/t20?,21-/m0/s1. The van der Waals surface area contributed by atoms with Crippen LogP contribution in [-0.2, 0) is 20.9 Å². The summed E-state index contributed by atoms with van der Waals surface area (Å²) in [6, 6.07) is 8.09. The Morgan fingerprint density at radius 2 is 1.82 bits per heavy atom. The summed E-state index contributed by atoms with van der Waals surface area (Å²) in [5.41, 5.74) is 6.32. The maximum atomic E-state index is 13.2. The fraction of sp³-hybridized carbons (Fsp3) is 0.640. The lowest BCUT2D eigenvalue weighted by Crippen LogP contribution is -2.55. The van der Waals surface area contributed by atoms with Gasteiger partial charge >= 0.3 is 12.2 Å². The van der Waals surface area contributed by atoms with E-state index in [-0.39, 0.29) is 25.1 Å². The fourth-order valence-electron chi connectivity index (χ4n) is 3.82. The number of likely N-dealkylation sites (tertiary alicyclic amines) is 1. The van der Waals surface area contributed by atoms with Crippen molar-refractivity contribution in [1.29, 1.82) is 0 Å². The molecule has 2 atom stereocenters. The highest BCUT2D eigenvalue weighted by Crippen LogP contribution is 2.22. The van der Waals surface area contributed by atoms with Gasteiger partial charge in [-0.15, -0.1) is 0 Å². The Labute approximate surface area is 197 Å². The zero-order chi connectivity index (χ0) is 24.6. The van der Waals surface area contributed by atoms with Gasteiger partial charge in [0.1, 0.15) is 12.2 Å². The van der Waals surface area contributed by atoms with Gasteiger partial charge in [0.05, 0.1) is 18.6 Å². The quantitative estimate of drug-likeness (QED) is 0.649. The van der Waals surface area contributed by atoms with Crippen molar-refractivity contribution in [3.05, 3.63) is 35.9 Å². The van der Waals surface area contributed by atoms with Gasteiger partial charge in [-0.05, 0) is 57.9 Å². The van der Waals surface area contributed by atoms with Crippen molar-refractivity contribution in [2.24, 2.45) is 11.7 Å². The Bertz CT molecular complexity index is 791. The summed E-state index contributed by atoms with van der Waals surface area (Å²) in [5.74, 6) is -0.296. The summed E-state index contributed by atoms with van der Waals surface area (Å²) in [5, 5.41) is 0. The van der Waals surface area contributed by atoms with Crippen molar-refractivity contribution in [3.8, 4) is 0 Å². The third-order valence-electron chi connectivity index (χ3n) is 5.38. The van der Waals surface area contributed by atoms with Crippen molar-refractivity contribution < 1.29 is 23.9 Å². The van der Waals surface area contributed by atoms with Crippen LogP contribution in [0.25, 0.3) is 0 Å². The Morgan fingerprint density at radius 3 is 2.42 bits per heavy atom. The van der Waals surface area contributed by atoms with Gasteiger partial charge in [-0.3, -0.25) is 4.79 Å². The average molecular weight is 462 g/mol. The molecule has 2 rings (SSSR count). The molecular weight excluding hydrogens is 422 g/mol. The van der Waals surface area contributed by atoms with Crippen LogP contribution in [0.15, 0.2) is 30.3 Å². The molecule has 0 aromatic heterocycles. The van der Waals surface area contributed by atoms with Gasteiger partial charge in [-0.2, -0.15) is 0 Å². The van der Waals surface area contributed by atoms with Gasteiger partial charge in [0.2, 0.25) is 5.91 Å². The fourth-order valence-corrected chi connectivity index (χ4v) is 3.82. The van der Waals surface area contributed by atoms with Gasteiger partial charge in [0, 0.05) is 6.54 Å². The van der Waals surface area contributed by atoms with E-state index in [0.717, 1.165) is 23.3 Å². The average Bonchev–Trinajstić information content (AvgIpc) is 2.74. The molecule has 1 unspecified atom stereocenters. The SMILES string of the molecule is CC(C)C[C@H](N)C(=O)N(CC1CCCCN1C(=O)OC(C)(C)C)C(=O)OCc1ccccc1. The lowest BCUT2D eigenvalue weighted by molar-refractivity contribution is -0.132. The maximum absolute atomic E-state index is 13.2. The smallest absolute Gasteiger partial charge is 0.416 e. The molecule has 0 saturated carbocycles. The number of hydrogen-bond donors (Lipinski definition) is 1. The summed E-state index contributed by atoms with van der Waals surface area (Å²) in [6.45, 7) is 9.95. The number of nitrogens with two attached hydrogens (primary N) is 1. The molecule has 1 aliphatic rings. The van der Waals surface area contributed by atoms with Crippen LogP contribution in [0.2, 0.25) is 0 Å². The van der Waals surface area contributed by atoms with E-state index in [1.165, 1.54) is 0 Å². The molecule has 1 aliphatic heterocycles. The Kier molecular flexibility index (Phi) is 9.70. The van der Waals surface area contributed by atoms with Crippen molar-refractivity contribution in [1.82, 2.24) is 9.80 Å². The summed E-state index contributed by atoms with van der Waals surface area (Å²) in [6.07, 6.45) is 1.65. The van der Waals surface area contributed by atoms with E-state index in [4.69, 9.17) is 15.2 Å². The van der Waals surface area contributed by atoms with E-state index in [9.17, 15) is 14.4 Å². The zero-order valence-corrected chi connectivity index (χ0v) is 20.6. The summed E-state index contributed by atoms with van der Waals surface area (Å²) >= 11 is 0. The normalized spacial score (nSPS) is 17.4. The molecule has 1 fully saturated rings. The van der Waals surface area contributed by atoms with E-state index >= 15 is 0 Å². The topological polar surface area (TPSA) is 102 Å². The minimum absolute atomic E-state index is 0.0253. The Balaban J connectivity index is 2.18. The van der Waals surface area contributed by atoms with Crippen LogP contribution in [0.4, 0.5) is 9.59 Å². The second kappa shape index (κ2) is 12.0. The molecule has 0 spiro atoms. The van der Waals surface area contributed by atoms with Gasteiger partial charge in [0.25, 0.3) is 0 Å². The number of imide groups is 1. The number of carbonyl (C=O) groups is 3. The van der Waals surface area contributed by atoms with Gasteiger partial charge in [0.15, 0.2) is 0 Å². The number of ether oxygens (including phenoxy) is 2. The lowest BCUT2D eigenvalue weighted by Gasteiger charge is -2.38. The van der Waals surface area contributed by atoms with Gasteiger partial charge in [-0.25, -0.2) is 14.5 Å². The maximum Gasteiger partial charge on any atom is 0.416 e. The number of piperidine rings is 1. The summed E-state index contributed by atoms with van der Waals surface area (Å²) in [4.78, 5) is 41.7. The Morgan fingerprint density at radius 1 is 1.15 bits per heavy atom. The molecule has 1 aromatic rings. The largest absolute Gasteiger partial charge is 0.444 e. The first kappa shape index (κ1) is 26.6. The number of benzene rings is 1. The highest BCUT2D eigenvalue weighted by atomic mass is 16.6. The molecule has 0 bridgehead atoms. The van der Waals surface area contributed by atoms with Crippen molar-refractivity contribution in [3.63, 3.8) is 0 Å². The van der Waals surface area contributed by atoms with E-state index in [1.54, 1.807) is 4.90 Å². The molecule has 2 N–H and O–H groups in total. The molecule has 0 radical (unpaired) electrons. The number of amides is 3. The zero-order valence-electron chi connectivity index (χ0n) is 20.6. The molecule has 3 amide bonds. The van der Waals surface area contributed by atoms with E-state index < -0.39 is 29.7 Å². The van der Waals surface area contributed by atoms with Crippen molar-refractivity contribution in [2.75, 3.05) is 13.1 Å². The van der Waals surface area contributed by atoms with E-state index in [1.807, 2.05) is 65.0 Å². The monoisotopic (exact) mass is 461 g/mol. The molecular formula is C25H39N3O5. The van der Waals surface area contributed by atoms with Crippen LogP contribution in [-0.4, -0.2) is 58.7 Å². The second-order valence-corrected chi connectivity index (χ2v) is 10.0. The molecule has 1 saturated heterocycles. The molecule has 8 heteroatoms. The highest BCUT2D eigenvalue weighted by Gasteiger charge is 2.36. The number of rotatable bonds is 7. The highest BCUT2D eigenvalue weighted by molar-refractivity contribution is 5.95. The van der Waals surface area contributed by atoms with Crippen LogP contribution in [0.5, 0.6) is 0 Å². The first-order chi connectivity index (χ1) is 15.5. The van der Waals surface area contributed by atoms with Crippen LogP contribution in [0.1, 0.15) is 65.9 Å². The summed E-state index contributed by atoms with van der Waals surface area (Å²) < 4.78 is 11.0. The minimum Gasteiger partial charge on any atom is -0.444 e. The molecule has 1 aromatic carbocycles. The first-order valence-corrected chi connectivity index (χ1v) is 11.7. The van der Waals surface area contributed by atoms with E-state index in [0.29, 0.717) is 19.4 Å². The third-order valence-corrected chi connectivity index (χ3v) is 5.38. The predicted octanol–water partition coefficient (Wildman–Crippen LogP) is 4.31. The van der Waals surface area contributed by atoms with Crippen molar-refractivity contribution >= 4 is 18.1 Å². The van der Waals surface area contributed by atoms with Crippen LogP contribution in [0, 0.1) is 5.92 Å². The Hall–Kier alpha value is -2.61. The van der Waals surface area contributed by atoms with E-state index in [2.05, 4.69) is 0 Å². The molecule has 33 heavy (non-hydrogen) atoms. The number of carbonyl (C=O) groups excluding carboxylic acids is 3. The summed E-state index contributed by atoms with van der Waals surface area (Å²) in [7, 11) is 0. The van der Waals surface area contributed by atoms with Crippen LogP contribution < -0.4 is 5.73 Å². The molecule has 8 nitrogen and oxygen atoms in total. The minimum atomic E-state index is -0.826. The number of hydrogen-bond acceptors (Lipinski definition) is 6. The molecule has 184 valence electrons. The number of nitrogens with zero attached hydrogens (tertiary/aromatic N) is 2. The van der Waals surface area contributed by atoms with Crippen LogP contribution in [0.3, 0.4) is 0 Å². The van der Waals surface area contributed by atoms with Crippen molar-refractivity contribution in [2.45, 2.75) is 84.6 Å². The lowest BCUT2D eigenvalue weighted by atomic mass is 10.0. The van der Waals surface area contributed by atoms with Gasteiger partial charge < -0.3 is 20.1 Å². The molecule has 1 heterocycles. The second-order valence-electron chi connectivity index (χ2n) is 10.0.